The van der Waals surface area contributed by atoms with Crippen LogP contribution in [0.2, 0.25) is 0 Å². The highest BCUT2D eigenvalue weighted by atomic mass is 16.5. The summed E-state index contributed by atoms with van der Waals surface area (Å²) in [6, 6.07) is 10.3. The highest BCUT2D eigenvalue weighted by Gasteiger charge is 2.20. The summed E-state index contributed by atoms with van der Waals surface area (Å²) in [5.74, 6) is 1.58. The van der Waals surface area contributed by atoms with Gasteiger partial charge in [0.15, 0.2) is 5.65 Å². The smallest absolute Gasteiger partial charge is 0.224 e. The number of benzene rings is 1. The normalized spacial score (nSPS) is 14.6. The molecular weight excluding hydrogens is 378 g/mol. The van der Waals surface area contributed by atoms with Gasteiger partial charge >= 0.3 is 0 Å². The van der Waals surface area contributed by atoms with Crippen LogP contribution in [0.4, 0.5) is 11.5 Å². The molecule has 0 saturated carbocycles. The number of hydrogen-bond donors (Lipinski definition) is 0. The molecule has 1 aliphatic heterocycles. The first kappa shape index (κ1) is 18.5. The fraction of sp³-hybridized carbons (Fsp3) is 0.318. The molecule has 0 N–H and O–H groups in total. The average Bonchev–Trinajstić information content (AvgIpc) is 2.78. The van der Waals surface area contributed by atoms with Gasteiger partial charge in [0, 0.05) is 44.3 Å². The average molecular weight is 401 g/mol. The molecule has 0 bridgehead atoms. The van der Waals surface area contributed by atoms with E-state index in [1.54, 1.807) is 18.7 Å². The Labute approximate surface area is 174 Å². The summed E-state index contributed by atoms with van der Waals surface area (Å²) >= 11 is 0. The zero-order valence-electron chi connectivity index (χ0n) is 17.1. The van der Waals surface area contributed by atoms with Crippen molar-refractivity contribution in [3.05, 3.63) is 49.1 Å². The largest absolute Gasteiger partial charge is 0.474 e. The molecule has 152 valence electrons. The Hall–Kier alpha value is -3.55. The number of rotatable bonds is 4. The SMILES string of the molecule is CC(C)Oc1ncnc2ccc(N3CCN(c4ccc5nccnc5n4)CC3)cc12. The third-order valence-electron chi connectivity index (χ3n) is 5.22. The number of hydrogen-bond acceptors (Lipinski definition) is 8. The minimum atomic E-state index is 0.0643. The molecule has 1 saturated heterocycles. The quantitative estimate of drug-likeness (QED) is 0.516. The molecule has 3 aromatic heterocycles. The molecule has 0 unspecified atom stereocenters. The minimum absolute atomic E-state index is 0.0643. The van der Waals surface area contributed by atoms with E-state index in [-0.39, 0.29) is 6.10 Å². The molecule has 1 aliphatic rings. The van der Waals surface area contributed by atoms with Crippen molar-refractivity contribution in [1.82, 2.24) is 24.9 Å². The molecule has 1 fully saturated rings. The van der Waals surface area contributed by atoms with Crippen LogP contribution in [0.15, 0.2) is 49.1 Å². The summed E-state index contributed by atoms with van der Waals surface area (Å²) in [6.45, 7) is 7.58. The van der Waals surface area contributed by atoms with Gasteiger partial charge in [-0.15, -0.1) is 0 Å². The van der Waals surface area contributed by atoms with Crippen molar-refractivity contribution in [1.29, 1.82) is 0 Å². The van der Waals surface area contributed by atoms with Crippen LogP contribution < -0.4 is 14.5 Å². The van der Waals surface area contributed by atoms with Crippen LogP contribution in [0.25, 0.3) is 22.1 Å². The van der Waals surface area contributed by atoms with E-state index in [2.05, 4.69) is 46.9 Å². The summed E-state index contributed by atoms with van der Waals surface area (Å²) in [6.07, 6.45) is 4.99. The molecule has 30 heavy (non-hydrogen) atoms. The molecule has 5 rings (SSSR count). The fourth-order valence-corrected chi connectivity index (χ4v) is 3.75. The molecule has 0 amide bonds. The predicted molar refractivity (Wildman–Crippen MR) is 117 cm³/mol. The summed E-state index contributed by atoms with van der Waals surface area (Å²) in [7, 11) is 0. The minimum Gasteiger partial charge on any atom is -0.474 e. The van der Waals surface area contributed by atoms with E-state index in [0.717, 1.165) is 54.1 Å². The zero-order chi connectivity index (χ0) is 20.5. The van der Waals surface area contributed by atoms with E-state index in [1.807, 2.05) is 32.0 Å². The van der Waals surface area contributed by atoms with Crippen LogP contribution in [0.5, 0.6) is 5.88 Å². The Kier molecular flexibility index (Phi) is 4.74. The summed E-state index contributed by atoms with van der Waals surface area (Å²) in [4.78, 5) is 26.7. The number of pyridine rings is 1. The topological polar surface area (TPSA) is 80.2 Å². The first-order valence-electron chi connectivity index (χ1n) is 10.2. The van der Waals surface area contributed by atoms with E-state index < -0.39 is 0 Å². The van der Waals surface area contributed by atoms with Crippen molar-refractivity contribution >= 4 is 33.6 Å². The molecule has 0 aliphatic carbocycles. The Bertz CT molecular complexity index is 1190. The molecule has 0 radical (unpaired) electrons. The highest BCUT2D eigenvalue weighted by molar-refractivity contribution is 5.86. The number of nitrogens with zero attached hydrogens (tertiary/aromatic N) is 7. The third kappa shape index (κ3) is 3.56. The second-order valence-electron chi connectivity index (χ2n) is 7.59. The van der Waals surface area contributed by atoms with Crippen LogP contribution >= 0.6 is 0 Å². The number of anilines is 2. The lowest BCUT2D eigenvalue weighted by Crippen LogP contribution is -2.46. The lowest BCUT2D eigenvalue weighted by Gasteiger charge is -2.36. The third-order valence-corrected chi connectivity index (χ3v) is 5.22. The summed E-state index contributed by atoms with van der Waals surface area (Å²) < 4.78 is 5.88. The van der Waals surface area contributed by atoms with Gasteiger partial charge in [0.05, 0.1) is 17.0 Å². The Morgan fingerprint density at radius 1 is 0.833 bits per heavy atom. The van der Waals surface area contributed by atoms with Gasteiger partial charge in [-0.1, -0.05) is 0 Å². The van der Waals surface area contributed by atoms with Crippen molar-refractivity contribution < 1.29 is 4.74 Å². The maximum absolute atomic E-state index is 5.88. The van der Waals surface area contributed by atoms with Crippen LogP contribution in [-0.2, 0) is 0 Å². The van der Waals surface area contributed by atoms with E-state index in [4.69, 9.17) is 4.74 Å². The van der Waals surface area contributed by atoms with Crippen LogP contribution in [0, 0.1) is 0 Å². The first-order valence-corrected chi connectivity index (χ1v) is 10.2. The number of piperazine rings is 1. The van der Waals surface area contributed by atoms with Gasteiger partial charge < -0.3 is 14.5 Å². The highest BCUT2D eigenvalue weighted by Crippen LogP contribution is 2.28. The van der Waals surface area contributed by atoms with Gasteiger partial charge in [-0.2, -0.15) is 0 Å². The fourth-order valence-electron chi connectivity index (χ4n) is 3.75. The van der Waals surface area contributed by atoms with Crippen LogP contribution in [0.3, 0.4) is 0 Å². The monoisotopic (exact) mass is 401 g/mol. The Balaban J connectivity index is 1.35. The van der Waals surface area contributed by atoms with Crippen LogP contribution in [-0.4, -0.2) is 57.2 Å². The van der Waals surface area contributed by atoms with E-state index in [9.17, 15) is 0 Å². The predicted octanol–water partition coefficient (Wildman–Crippen LogP) is 3.08. The van der Waals surface area contributed by atoms with Crippen molar-refractivity contribution in [2.24, 2.45) is 0 Å². The van der Waals surface area contributed by atoms with Crippen molar-refractivity contribution in [3.63, 3.8) is 0 Å². The number of ether oxygens (including phenoxy) is 1. The van der Waals surface area contributed by atoms with E-state index in [0.29, 0.717) is 11.5 Å². The van der Waals surface area contributed by atoms with Gasteiger partial charge in [-0.05, 0) is 44.2 Å². The lowest BCUT2D eigenvalue weighted by molar-refractivity contribution is 0.235. The molecule has 8 nitrogen and oxygen atoms in total. The Morgan fingerprint density at radius 3 is 2.43 bits per heavy atom. The standard InChI is InChI=1S/C22H23N7O/c1-15(2)30-22-17-13-16(3-4-18(17)25-14-26-22)28-9-11-29(12-10-28)20-6-5-19-21(27-20)24-8-7-23-19/h3-8,13-15H,9-12H2,1-2H3. The van der Waals surface area contributed by atoms with Crippen LogP contribution in [0.1, 0.15) is 13.8 Å². The second kappa shape index (κ2) is 7.70. The molecule has 1 aromatic carbocycles. The van der Waals surface area contributed by atoms with Gasteiger partial charge in [0.1, 0.15) is 17.7 Å². The van der Waals surface area contributed by atoms with Crippen molar-refractivity contribution in [2.75, 3.05) is 36.0 Å². The van der Waals surface area contributed by atoms with E-state index in [1.165, 1.54) is 0 Å². The van der Waals surface area contributed by atoms with Gasteiger partial charge in [-0.3, -0.25) is 4.98 Å². The summed E-state index contributed by atoms with van der Waals surface area (Å²) in [5.41, 5.74) is 3.55. The Morgan fingerprint density at radius 2 is 1.60 bits per heavy atom. The zero-order valence-corrected chi connectivity index (χ0v) is 17.1. The molecular formula is C22H23N7O. The number of fused-ring (bicyclic) bond motifs is 2. The maximum atomic E-state index is 5.88. The molecule has 0 spiro atoms. The molecule has 0 atom stereocenters. The van der Waals surface area contributed by atoms with Gasteiger partial charge in [-0.25, -0.2) is 19.9 Å². The molecule has 4 aromatic rings. The molecule has 4 heterocycles. The maximum Gasteiger partial charge on any atom is 0.224 e. The lowest BCUT2D eigenvalue weighted by atomic mass is 10.2. The van der Waals surface area contributed by atoms with Gasteiger partial charge in [0.2, 0.25) is 5.88 Å². The van der Waals surface area contributed by atoms with Gasteiger partial charge in [0.25, 0.3) is 0 Å². The second-order valence-corrected chi connectivity index (χ2v) is 7.59. The summed E-state index contributed by atoms with van der Waals surface area (Å²) in [5, 5.41) is 0.945. The van der Waals surface area contributed by atoms with E-state index >= 15 is 0 Å². The first-order chi connectivity index (χ1) is 14.7. The number of aromatic nitrogens is 5. The van der Waals surface area contributed by atoms with Crippen molar-refractivity contribution in [3.8, 4) is 5.88 Å². The van der Waals surface area contributed by atoms with Crippen molar-refractivity contribution in [2.45, 2.75) is 20.0 Å². The molecule has 8 heteroatoms.